The molecule has 0 aliphatic carbocycles. The lowest BCUT2D eigenvalue weighted by atomic mass is 9.96. The summed E-state index contributed by atoms with van der Waals surface area (Å²) in [6.07, 6.45) is 0. The summed E-state index contributed by atoms with van der Waals surface area (Å²) in [6.45, 7) is 4.16. The van der Waals surface area contributed by atoms with Crippen molar-refractivity contribution in [1.82, 2.24) is 5.32 Å². The van der Waals surface area contributed by atoms with Crippen LogP contribution in [0.5, 0.6) is 0 Å². The van der Waals surface area contributed by atoms with Gasteiger partial charge in [0.05, 0.1) is 11.5 Å². The maximum absolute atomic E-state index is 12.2. The largest absolute Gasteiger partial charge is 0.319 e. The van der Waals surface area contributed by atoms with Gasteiger partial charge in [0.2, 0.25) is 5.91 Å². The summed E-state index contributed by atoms with van der Waals surface area (Å²) < 4.78 is 0. The van der Waals surface area contributed by atoms with Crippen molar-refractivity contribution in [2.75, 3.05) is 11.9 Å². The molecule has 1 amide bonds. The highest BCUT2D eigenvalue weighted by Gasteiger charge is 2.19. The first-order valence-corrected chi connectivity index (χ1v) is 8.28. The summed E-state index contributed by atoms with van der Waals surface area (Å²) in [5, 5.41) is 17.1. The molecule has 1 atom stereocenters. The second-order valence-corrected chi connectivity index (χ2v) is 6.42. The number of amides is 1. The molecule has 2 rings (SSSR count). The van der Waals surface area contributed by atoms with Crippen molar-refractivity contribution in [1.29, 1.82) is 0 Å². The minimum Gasteiger partial charge on any atom is -0.319 e. The molecule has 2 aromatic rings. The third kappa shape index (κ3) is 5.27. The Labute approximate surface area is 151 Å². The molecule has 0 heterocycles. The summed E-state index contributed by atoms with van der Waals surface area (Å²) >= 11 is 5.77. The van der Waals surface area contributed by atoms with Crippen molar-refractivity contribution in [3.63, 3.8) is 0 Å². The number of anilines is 1. The van der Waals surface area contributed by atoms with Gasteiger partial charge in [-0.1, -0.05) is 55.8 Å². The van der Waals surface area contributed by atoms with Crippen molar-refractivity contribution in [3.8, 4) is 0 Å². The van der Waals surface area contributed by atoms with E-state index in [2.05, 4.69) is 24.5 Å². The van der Waals surface area contributed by atoms with E-state index in [0.29, 0.717) is 0 Å². The van der Waals surface area contributed by atoms with Gasteiger partial charge in [-0.2, -0.15) is 0 Å². The minimum atomic E-state index is -0.574. The van der Waals surface area contributed by atoms with E-state index in [9.17, 15) is 14.9 Å². The molecule has 0 aliphatic rings. The van der Waals surface area contributed by atoms with Crippen LogP contribution < -0.4 is 10.6 Å². The normalized spacial score (nSPS) is 12.0. The van der Waals surface area contributed by atoms with E-state index < -0.39 is 4.92 Å². The highest BCUT2D eigenvalue weighted by Crippen LogP contribution is 2.27. The van der Waals surface area contributed by atoms with Crippen molar-refractivity contribution < 1.29 is 9.72 Å². The van der Waals surface area contributed by atoms with Gasteiger partial charge in [0.15, 0.2) is 0 Å². The summed E-state index contributed by atoms with van der Waals surface area (Å²) in [5.41, 5.74) is 0.981. The zero-order valence-electron chi connectivity index (χ0n) is 14.0. The average molecular weight is 362 g/mol. The van der Waals surface area contributed by atoms with Crippen LogP contribution in [0.2, 0.25) is 5.02 Å². The van der Waals surface area contributed by atoms with E-state index >= 15 is 0 Å². The maximum Gasteiger partial charge on any atom is 0.294 e. The molecule has 0 fully saturated rings. The molecular formula is C18H20ClN3O3. The van der Waals surface area contributed by atoms with Gasteiger partial charge in [0.25, 0.3) is 5.69 Å². The molecule has 2 N–H and O–H groups in total. The van der Waals surface area contributed by atoms with Crippen molar-refractivity contribution in [2.45, 2.75) is 19.9 Å². The zero-order valence-corrected chi connectivity index (χ0v) is 14.8. The molecule has 0 spiro atoms. The average Bonchev–Trinajstić information content (AvgIpc) is 2.57. The molecule has 132 valence electrons. The van der Waals surface area contributed by atoms with Crippen LogP contribution in [0, 0.1) is 16.0 Å². The number of hydrogen-bond acceptors (Lipinski definition) is 4. The third-order valence-corrected chi connectivity index (χ3v) is 3.97. The molecular weight excluding hydrogens is 342 g/mol. The van der Waals surface area contributed by atoms with Gasteiger partial charge >= 0.3 is 0 Å². The van der Waals surface area contributed by atoms with Gasteiger partial charge in [0, 0.05) is 17.1 Å². The fraction of sp³-hybridized carbons (Fsp3) is 0.278. The van der Waals surface area contributed by atoms with Crippen LogP contribution in [0.1, 0.15) is 25.5 Å². The molecule has 7 heteroatoms. The van der Waals surface area contributed by atoms with Crippen LogP contribution in [-0.4, -0.2) is 17.4 Å². The zero-order chi connectivity index (χ0) is 18.4. The Morgan fingerprint density at radius 1 is 1.20 bits per heavy atom. The summed E-state index contributed by atoms with van der Waals surface area (Å²) in [5.74, 6) is -0.0768. The van der Waals surface area contributed by atoms with Gasteiger partial charge in [0.1, 0.15) is 5.69 Å². The van der Waals surface area contributed by atoms with E-state index in [1.807, 2.05) is 30.3 Å². The molecule has 0 bridgehead atoms. The maximum atomic E-state index is 12.2. The Morgan fingerprint density at radius 3 is 2.48 bits per heavy atom. The van der Waals surface area contributed by atoms with Crippen LogP contribution in [0.25, 0.3) is 0 Å². The van der Waals surface area contributed by atoms with Crippen LogP contribution in [0.3, 0.4) is 0 Å². The van der Waals surface area contributed by atoms with Gasteiger partial charge in [-0.25, -0.2) is 0 Å². The standard InChI is InChI=1S/C18H20ClN3O3/c1-12(2)18(13-6-4-3-5-7-13)20-11-17(23)21-15-9-8-14(19)10-16(15)22(24)25/h3-10,12,18,20H,11H2,1-2H3,(H,21,23)/t18-/m1/s1. The van der Waals surface area contributed by atoms with Gasteiger partial charge in [-0.05, 0) is 23.6 Å². The van der Waals surface area contributed by atoms with Gasteiger partial charge in [-0.15, -0.1) is 0 Å². The van der Waals surface area contributed by atoms with Crippen LogP contribution in [0.4, 0.5) is 11.4 Å². The van der Waals surface area contributed by atoms with Crippen molar-refractivity contribution >= 4 is 28.9 Å². The molecule has 0 aromatic heterocycles. The first kappa shape index (κ1) is 18.9. The number of carbonyl (C=O) groups is 1. The number of nitrogens with one attached hydrogen (secondary N) is 2. The number of carbonyl (C=O) groups excluding carboxylic acids is 1. The molecule has 2 aromatic carbocycles. The number of hydrogen-bond donors (Lipinski definition) is 2. The van der Waals surface area contributed by atoms with E-state index in [4.69, 9.17) is 11.6 Å². The number of benzene rings is 2. The topological polar surface area (TPSA) is 84.3 Å². The summed E-state index contributed by atoms with van der Waals surface area (Å²) in [4.78, 5) is 22.7. The lowest BCUT2D eigenvalue weighted by Gasteiger charge is -2.22. The lowest BCUT2D eigenvalue weighted by Crippen LogP contribution is -2.33. The SMILES string of the molecule is CC(C)[C@@H](NCC(=O)Nc1ccc(Cl)cc1[N+](=O)[O-])c1ccccc1. The lowest BCUT2D eigenvalue weighted by molar-refractivity contribution is -0.383. The highest BCUT2D eigenvalue weighted by atomic mass is 35.5. The summed E-state index contributed by atoms with van der Waals surface area (Å²) in [7, 11) is 0. The first-order valence-electron chi connectivity index (χ1n) is 7.90. The van der Waals surface area contributed by atoms with E-state index in [0.717, 1.165) is 5.56 Å². The predicted molar refractivity (Wildman–Crippen MR) is 98.8 cm³/mol. The molecule has 0 aliphatic heterocycles. The second kappa shape index (κ2) is 8.60. The molecule has 0 saturated carbocycles. The highest BCUT2D eigenvalue weighted by molar-refractivity contribution is 6.31. The third-order valence-electron chi connectivity index (χ3n) is 3.74. The van der Waals surface area contributed by atoms with Gasteiger partial charge < -0.3 is 10.6 Å². The number of rotatable bonds is 7. The van der Waals surface area contributed by atoms with Crippen molar-refractivity contribution in [3.05, 3.63) is 69.2 Å². The fourth-order valence-electron chi connectivity index (χ4n) is 2.56. The second-order valence-electron chi connectivity index (χ2n) is 5.98. The first-order chi connectivity index (χ1) is 11.9. The monoisotopic (exact) mass is 361 g/mol. The van der Waals surface area contributed by atoms with Crippen LogP contribution >= 0.6 is 11.6 Å². The molecule has 0 unspecified atom stereocenters. The number of nitrogens with zero attached hydrogens (tertiary/aromatic N) is 1. The predicted octanol–water partition coefficient (Wildman–Crippen LogP) is 4.17. The fourth-order valence-corrected chi connectivity index (χ4v) is 2.72. The van der Waals surface area contributed by atoms with Crippen LogP contribution in [0.15, 0.2) is 48.5 Å². The van der Waals surface area contributed by atoms with Gasteiger partial charge in [-0.3, -0.25) is 14.9 Å². The Hall–Kier alpha value is -2.44. The minimum absolute atomic E-state index is 0.00662. The van der Waals surface area contributed by atoms with E-state index in [-0.39, 0.29) is 40.8 Å². The molecule has 25 heavy (non-hydrogen) atoms. The Balaban J connectivity index is 2.04. The Bertz CT molecular complexity index is 750. The summed E-state index contributed by atoms with van der Waals surface area (Å²) in [6, 6.07) is 14.0. The molecule has 0 saturated heterocycles. The Kier molecular flexibility index (Phi) is 6.50. The number of halogens is 1. The molecule has 6 nitrogen and oxygen atoms in total. The van der Waals surface area contributed by atoms with Crippen LogP contribution in [-0.2, 0) is 4.79 Å². The number of nitro benzene ring substituents is 1. The number of nitro groups is 1. The van der Waals surface area contributed by atoms with Crippen molar-refractivity contribution in [2.24, 2.45) is 5.92 Å². The van der Waals surface area contributed by atoms with E-state index in [1.54, 1.807) is 0 Å². The Morgan fingerprint density at radius 2 is 1.88 bits per heavy atom. The van der Waals surface area contributed by atoms with E-state index in [1.165, 1.54) is 18.2 Å². The quantitative estimate of drug-likeness (QED) is 0.572. The smallest absolute Gasteiger partial charge is 0.294 e. The molecule has 0 radical (unpaired) electrons.